The minimum Gasteiger partial charge on any atom is -0.352 e. The van der Waals surface area contributed by atoms with Crippen molar-refractivity contribution in [1.29, 1.82) is 0 Å². The Morgan fingerprint density at radius 1 is 0.970 bits per heavy atom. The summed E-state index contributed by atoms with van der Waals surface area (Å²) in [4.78, 5) is 38.9. The summed E-state index contributed by atoms with van der Waals surface area (Å²) in [6.45, 7) is 0.566. The Bertz CT molecular complexity index is 1130. The van der Waals surface area contributed by atoms with Crippen LogP contribution in [-0.4, -0.2) is 29.3 Å². The second kappa shape index (κ2) is 10.1. The van der Waals surface area contributed by atoms with Crippen LogP contribution in [0, 0.1) is 5.82 Å². The van der Waals surface area contributed by atoms with E-state index in [2.05, 4.69) is 10.6 Å². The molecule has 1 fully saturated rings. The van der Waals surface area contributed by atoms with E-state index in [1.165, 1.54) is 12.1 Å². The number of nitrogens with one attached hydrogen (secondary N) is 2. The summed E-state index contributed by atoms with van der Waals surface area (Å²) in [6, 6.07) is 21.5. The molecule has 0 spiro atoms. The Kier molecular flexibility index (Phi) is 6.78. The van der Waals surface area contributed by atoms with Gasteiger partial charge in [-0.3, -0.25) is 14.5 Å². The highest BCUT2D eigenvalue weighted by molar-refractivity contribution is 5.97. The number of carbonyl (C=O) groups excluding carboxylic acids is 3. The van der Waals surface area contributed by atoms with Crippen LogP contribution in [0.1, 0.15) is 39.5 Å². The first-order valence-electron chi connectivity index (χ1n) is 10.8. The molecule has 0 bridgehead atoms. The van der Waals surface area contributed by atoms with Crippen molar-refractivity contribution in [3.8, 4) is 0 Å². The molecule has 2 N–H and O–H groups in total. The first-order valence-corrected chi connectivity index (χ1v) is 10.8. The first kappa shape index (κ1) is 22.2. The minimum absolute atomic E-state index is 0.0614. The second-order valence-corrected chi connectivity index (χ2v) is 7.93. The van der Waals surface area contributed by atoms with E-state index >= 15 is 0 Å². The van der Waals surface area contributed by atoms with E-state index in [1.807, 2.05) is 30.3 Å². The van der Waals surface area contributed by atoms with Crippen LogP contribution in [0.5, 0.6) is 0 Å². The Morgan fingerprint density at radius 2 is 1.70 bits per heavy atom. The summed E-state index contributed by atoms with van der Waals surface area (Å²) in [5, 5.41) is 5.70. The third-order valence-corrected chi connectivity index (χ3v) is 5.57. The molecule has 1 atom stereocenters. The third-order valence-electron chi connectivity index (χ3n) is 5.57. The smallest absolute Gasteiger partial charge is 0.324 e. The van der Waals surface area contributed by atoms with Crippen LogP contribution in [-0.2, 0) is 17.8 Å². The Hall–Kier alpha value is -4.00. The second-order valence-electron chi connectivity index (χ2n) is 7.93. The first-order chi connectivity index (χ1) is 16.0. The highest BCUT2D eigenvalue weighted by Crippen LogP contribution is 2.24. The van der Waals surface area contributed by atoms with Gasteiger partial charge >= 0.3 is 6.03 Å². The van der Waals surface area contributed by atoms with Crippen molar-refractivity contribution < 1.29 is 18.8 Å². The fraction of sp³-hybridized carbons (Fsp3) is 0.192. The summed E-state index contributed by atoms with van der Waals surface area (Å²) < 4.78 is 13.2. The van der Waals surface area contributed by atoms with Crippen molar-refractivity contribution >= 4 is 17.8 Å². The number of carbonyl (C=O) groups is 3. The molecule has 0 radical (unpaired) electrons. The number of urea groups is 1. The number of nitrogens with zero attached hydrogens (tertiary/aromatic N) is 1. The van der Waals surface area contributed by atoms with E-state index < -0.39 is 12.1 Å². The molecule has 0 saturated carbocycles. The normalized spacial score (nSPS) is 15.8. The van der Waals surface area contributed by atoms with Gasteiger partial charge in [0.1, 0.15) is 5.82 Å². The van der Waals surface area contributed by atoms with Gasteiger partial charge in [-0.15, -0.1) is 0 Å². The quantitative estimate of drug-likeness (QED) is 0.577. The van der Waals surface area contributed by atoms with Crippen LogP contribution in [0.25, 0.3) is 0 Å². The predicted octanol–water partition coefficient (Wildman–Crippen LogP) is 3.98. The maximum Gasteiger partial charge on any atom is 0.324 e. The SMILES string of the molecule is O=C(NCCc1ccccc1)c1cccc(CN2C(=O)C[C@@H](c3ccc(F)cc3)NC2=O)c1. The van der Waals surface area contributed by atoms with Crippen molar-refractivity contribution in [3.63, 3.8) is 0 Å². The zero-order chi connectivity index (χ0) is 23.2. The minimum atomic E-state index is -0.515. The Balaban J connectivity index is 1.35. The topological polar surface area (TPSA) is 78.5 Å². The fourth-order valence-electron chi connectivity index (χ4n) is 3.79. The lowest BCUT2D eigenvalue weighted by molar-refractivity contribution is -0.130. The third kappa shape index (κ3) is 5.63. The molecule has 7 heteroatoms. The maximum atomic E-state index is 13.2. The molecule has 33 heavy (non-hydrogen) atoms. The van der Waals surface area contributed by atoms with Gasteiger partial charge in [0.15, 0.2) is 0 Å². The van der Waals surface area contributed by atoms with Crippen LogP contribution in [0.2, 0.25) is 0 Å². The molecule has 4 rings (SSSR count). The van der Waals surface area contributed by atoms with E-state index in [4.69, 9.17) is 0 Å². The molecular weight excluding hydrogens is 421 g/mol. The predicted molar refractivity (Wildman–Crippen MR) is 122 cm³/mol. The van der Waals surface area contributed by atoms with E-state index in [9.17, 15) is 18.8 Å². The van der Waals surface area contributed by atoms with Crippen LogP contribution < -0.4 is 10.6 Å². The summed E-state index contributed by atoms with van der Waals surface area (Å²) in [6.07, 6.45) is 0.807. The molecule has 6 nitrogen and oxygen atoms in total. The molecule has 1 saturated heterocycles. The number of imide groups is 1. The van der Waals surface area contributed by atoms with E-state index in [0.29, 0.717) is 23.2 Å². The molecular formula is C26H24FN3O3. The van der Waals surface area contributed by atoms with Gasteiger partial charge in [-0.1, -0.05) is 54.6 Å². The highest BCUT2D eigenvalue weighted by Gasteiger charge is 2.32. The number of rotatable bonds is 7. The molecule has 168 valence electrons. The summed E-state index contributed by atoms with van der Waals surface area (Å²) >= 11 is 0. The van der Waals surface area contributed by atoms with E-state index in [1.54, 1.807) is 36.4 Å². The fourth-order valence-corrected chi connectivity index (χ4v) is 3.79. The van der Waals surface area contributed by atoms with Crippen molar-refractivity contribution in [3.05, 3.63) is 107 Å². The van der Waals surface area contributed by atoms with Gasteiger partial charge < -0.3 is 10.6 Å². The van der Waals surface area contributed by atoms with Crippen LogP contribution in [0.15, 0.2) is 78.9 Å². The van der Waals surface area contributed by atoms with E-state index in [-0.39, 0.29) is 30.6 Å². The molecule has 0 unspecified atom stereocenters. The van der Waals surface area contributed by atoms with Crippen LogP contribution >= 0.6 is 0 Å². The van der Waals surface area contributed by atoms with Crippen molar-refractivity contribution in [2.24, 2.45) is 0 Å². The molecule has 1 heterocycles. The Morgan fingerprint density at radius 3 is 2.42 bits per heavy atom. The van der Waals surface area contributed by atoms with Gasteiger partial charge in [-0.05, 0) is 47.4 Å². The van der Waals surface area contributed by atoms with Gasteiger partial charge in [-0.2, -0.15) is 0 Å². The molecule has 0 aliphatic carbocycles. The summed E-state index contributed by atoms with van der Waals surface area (Å²) in [5.74, 6) is -0.915. The number of hydrogen-bond donors (Lipinski definition) is 2. The Labute approximate surface area is 191 Å². The van der Waals surface area contributed by atoms with E-state index in [0.717, 1.165) is 16.9 Å². The molecule has 1 aliphatic rings. The lowest BCUT2D eigenvalue weighted by atomic mass is 10.0. The average molecular weight is 445 g/mol. The van der Waals surface area contributed by atoms with Crippen molar-refractivity contribution in [1.82, 2.24) is 15.5 Å². The number of benzene rings is 3. The van der Waals surface area contributed by atoms with Crippen molar-refractivity contribution in [2.75, 3.05) is 6.54 Å². The van der Waals surface area contributed by atoms with Gasteiger partial charge in [0.2, 0.25) is 5.91 Å². The zero-order valence-corrected chi connectivity index (χ0v) is 18.0. The number of hydrogen-bond acceptors (Lipinski definition) is 3. The molecule has 3 aromatic carbocycles. The van der Waals surface area contributed by atoms with Crippen LogP contribution in [0.3, 0.4) is 0 Å². The lowest BCUT2D eigenvalue weighted by Crippen LogP contribution is -2.50. The van der Waals surface area contributed by atoms with Gasteiger partial charge in [0.25, 0.3) is 5.91 Å². The van der Waals surface area contributed by atoms with Gasteiger partial charge in [0.05, 0.1) is 19.0 Å². The maximum absolute atomic E-state index is 13.2. The average Bonchev–Trinajstić information content (AvgIpc) is 2.82. The van der Waals surface area contributed by atoms with Crippen molar-refractivity contribution in [2.45, 2.75) is 25.4 Å². The zero-order valence-electron chi connectivity index (χ0n) is 18.0. The molecule has 4 amide bonds. The lowest BCUT2D eigenvalue weighted by Gasteiger charge is -2.31. The van der Waals surface area contributed by atoms with Gasteiger partial charge in [-0.25, -0.2) is 9.18 Å². The van der Waals surface area contributed by atoms with Crippen LogP contribution in [0.4, 0.5) is 9.18 Å². The number of halogens is 1. The largest absolute Gasteiger partial charge is 0.352 e. The standard InChI is InChI=1S/C26H24FN3O3/c27-22-11-9-20(10-12-22)23-16-24(31)30(26(33)29-23)17-19-7-4-8-21(15-19)25(32)28-14-13-18-5-2-1-3-6-18/h1-12,15,23H,13-14,16-17H2,(H,28,32)(H,29,33)/t23-/m0/s1. The molecule has 1 aliphatic heterocycles. The number of amides is 4. The summed E-state index contributed by atoms with van der Waals surface area (Å²) in [7, 11) is 0. The highest BCUT2D eigenvalue weighted by atomic mass is 19.1. The molecule has 3 aromatic rings. The summed E-state index contributed by atoms with van der Waals surface area (Å²) in [5.41, 5.74) is 2.95. The van der Waals surface area contributed by atoms with Gasteiger partial charge in [0, 0.05) is 12.1 Å². The molecule has 0 aromatic heterocycles. The monoisotopic (exact) mass is 445 g/mol.